The molecule has 1 aliphatic heterocycles. The molecule has 0 bridgehead atoms. The molecule has 0 aromatic carbocycles. The SMILES string of the molecule is O=C(O)CC[n+]1ccc(C(=O)NC2CS(=O)C2)cn1.O=C([O-])C(F)(F)F. The maximum Gasteiger partial charge on any atom is 0.430 e. The van der Waals surface area contributed by atoms with Crippen LogP contribution in [-0.2, 0) is 26.9 Å². The molecule has 13 heteroatoms. The summed E-state index contributed by atoms with van der Waals surface area (Å²) in [6, 6.07) is 1.56. The molecule has 26 heavy (non-hydrogen) atoms. The summed E-state index contributed by atoms with van der Waals surface area (Å²) in [5.74, 6) is -3.14. The molecule has 2 heterocycles. The van der Waals surface area contributed by atoms with Crippen LogP contribution in [0.2, 0.25) is 0 Å². The number of carbonyl (C=O) groups is 3. The van der Waals surface area contributed by atoms with Gasteiger partial charge in [0, 0.05) is 28.4 Å². The van der Waals surface area contributed by atoms with Gasteiger partial charge in [-0.2, -0.15) is 13.2 Å². The zero-order valence-electron chi connectivity index (χ0n) is 13.1. The first-order valence-electron chi connectivity index (χ1n) is 7.00. The van der Waals surface area contributed by atoms with Gasteiger partial charge in [-0.15, -0.1) is 0 Å². The Bertz CT molecular complexity index is 687. The Hall–Kier alpha value is -2.57. The summed E-state index contributed by atoms with van der Waals surface area (Å²) < 4.78 is 43.9. The number of nitrogens with zero attached hydrogens (tertiary/aromatic N) is 2. The van der Waals surface area contributed by atoms with Crippen molar-refractivity contribution in [2.24, 2.45) is 0 Å². The number of carboxylic acid groups (broad SMARTS) is 2. The standard InChI is InChI=1S/C11H13N3O4S.C2HF3O2/c15-10(16)2-4-14-3-1-8(5-12-14)11(17)13-9-6-19(18)7-9;3-2(4,5)1(6)7/h1,3,5,9H,2,4,6-7H2,(H-,13,15,16,17);(H,6,7). The number of aliphatic carboxylic acids is 2. The van der Waals surface area contributed by atoms with Gasteiger partial charge in [-0.05, 0) is 5.10 Å². The summed E-state index contributed by atoms with van der Waals surface area (Å²) in [6.07, 6.45) is -2.25. The Labute approximate surface area is 147 Å². The molecule has 1 aromatic rings. The number of carboxylic acids is 2. The predicted molar refractivity (Wildman–Crippen MR) is 76.9 cm³/mol. The summed E-state index contributed by atoms with van der Waals surface area (Å²) >= 11 is 0. The van der Waals surface area contributed by atoms with Crippen LogP contribution in [0.5, 0.6) is 0 Å². The Morgan fingerprint density at radius 2 is 1.96 bits per heavy atom. The van der Waals surface area contributed by atoms with Gasteiger partial charge in [0.1, 0.15) is 18.6 Å². The normalized spacial score (nSPS) is 18.7. The zero-order valence-corrected chi connectivity index (χ0v) is 13.9. The summed E-state index contributed by atoms with van der Waals surface area (Å²) in [6.45, 7) is 0.263. The molecule has 0 saturated carbocycles. The first-order chi connectivity index (χ1) is 12.0. The topological polar surface area (TPSA) is 140 Å². The van der Waals surface area contributed by atoms with Crippen LogP contribution in [0, 0.1) is 0 Å². The van der Waals surface area contributed by atoms with Crippen molar-refractivity contribution in [1.82, 2.24) is 10.4 Å². The molecule has 0 aliphatic carbocycles. The third-order valence-electron chi connectivity index (χ3n) is 2.93. The minimum absolute atomic E-state index is 0.0168. The number of nitrogens with one attached hydrogen (secondary N) is 1. The maximum atomic E-state index is 11.8. The number of amides is 1. The van der Waals surface area contributed by atoms with E-state index in [1.54, 1.807) is 12.3 Å². The van der Waals surface area contributed by atoms with E-state index in [0.717, 1.165) is 0 Å². The van der Waals surface area contributed by atoms with E-state index < -0.39 is 28.9 Å². The van der Waals surface area contributed by atoms with Crippen molar-refractivity contribution in [2.75, 3.05) is 11.5 Å². The van der Waals surface area contributed by atoms with E-state index in [2.05, 4.69) is 10.4 Å². The Morgan fingerprint density at radius 3 is 2.35 bits per heavy atom. The van der Waals surface area contributed by atoms with Gasteiger partial charge in [0.25, 0.3) is 5.91 Å². The number of rotatable bonds is 5. The molecule has 0 atom stereocenters. The summed E-state index contributed by atoms with van der Waals surface area (Å²) in [5, 5.41) is 24.1. The highest BCUT2D eigenvalue weighted by molar-refractivity contribution is 7.86. The fourth-order valence-electron chi connectivity index (χ4n) is 1.61. The fourth-order valence-corrected chi connectivity index (χ4v) is 2.58. The van der Waals surface area contributed by atoms with Gasteiger partial charge in [0.15, 0.2) is 12.7 Å². The number of aromatic nitrogens is 2. The van der Waals surface area contributed by atoms with E-state index in [9.17, 15) is 27.0 Å². The second-order valence-corrected chi connectivity index (χ2v) is 6.60. The molecule has 1 aromatic heterocycles. The second kappa shape index (κ2) is 9.22. The van der Waals surface area contributed by atoms with E-state index in [1.165, 1.54) is 10.9 Å². The van der Waals surface area contributed by atoms with Crippen molar-refractivity contribution >= 4 is 28.6 Å². The Kier molecular flexibility index (Phi) is 7.61. The van der Waals surface area contributed by atoms with Crippen LogP contribution >= 0.6 is 0 Å². The maximum absolute atomic E-state index is 11.8. The van der Waals surface area contributed by atoms with Crippen LogP contribution in [0.25, 0.3) is 0 Å². The van der Waals surface area contributed by atoms with Crippen LogP contribution in [0.1, 0.15) is 16.8 Å². The minimum atomic E-state index is -5.19. The average molecular weight is 397 g/mol. The Balaban J connectivity index is 0.000000412. The first kappa shape index (κ1) is 21.5. The number of aryl methyl sites for hydroxylation is 1. The Morgan fingerprint density at radius 1 is 1.38 bits per heavy atom. The average Bonchev–Trinajstić information content (AvgIpc) is 2.51. The van der Waals surface area contributed by atoms with Crippen molar-refractivity contribution in [3.8, 4) is 0 Å². The lowest BCUT2D eigenvalue weighted by molar-refractivity contribution is -0.753. The van der Waals surface area contributed by atoms with Crippen LogP contribution < -0.4 is 15.1 Å². The van der Waals surface area contributed by atoms with Crippen molar-refractivity contribution in [1.29, 1.82) is 0 Å². The zero-order chi connectivity index (χ0) is 19.9. The minimum Gasteiger partial charge on any atom is -0.542 e. The van der Waals surface area contributed by atoms with Crippen LogP contribution in [0.4, 0.5) is 13.2 Å². The summed E-state index contributed by atoms with van der Waals surface area (Å²) in [7, 11) is -0.796. The highest BCUT2D eigenvalue weighted by atomic mass is 32.2. The lowest BCUT2D eigenvalue weighted by Gasteiger charge is -2.25. The summed E-state index contributed by atoms with van der Waals surface area (Å²) in [4.78, 5) is 31.0. The van der Waals surface area contributed by atoms with Gasteiger partial charge in [0.05, 0.1) is 11.6 Å². The van der Waals surface area contributed by atoms with Crippen LogP contribution in [-0.4, -0.2) is 56.0 Å². The van der Waals surface area contributed by atoms with E-state index in [4.69, 9.17) is 15.0 Å². The third-order valence-corrected chi connectivity index (χ3v) is 4.48. The van der Waals surface area contributed by atoms with Crippen molar-refractivity contribution in [2.45, 2.75) is 25.2 Å². The van der Waals surface area contributed by atoms with Gasteiger partial charge in [-0.3, -0.25) is 13.8 Å². The quantitative estimate of drug-likeness (QED) is 0.548. The molecule has 2 rings (SSSR count). The van der Waals surface area contributed by atoms with Gasteiger partial charge in [0.2, 0.25) is 0 Å². The first-order valence-corrected chi connectivity index (χ1v) is 8.49. The number of halogens is 3. The molecule has 0 radical (unpaired) electrons. The molecule has 2 N–H and O–H groups in total. The number of alkyl halides is 3. The van der Waals surface area contributed by atoms with Gasteiger partial charge < -0.3 is 20.3 Å². The smallest absolute Gasteiger partial charge is 0.430 e. The highest BCUT2D eigenvalue weighted by Gasteiger charge is 2.29. The fraction of sp³-hybridized carbons (Fsp3) is 0.462. The van der Waals surface area contributed by atoms with Crippen LogP contribution in [0.3, 0.4) is 0 Å². The van der Waals surface area contributed by atoms with E-state index >= 15 is 0 Å². The number of carbonyl (C=O) groups excluding carboxylic acids is 2. The van der Waals surface area contributed by atoms with Gasteiger partial charge in [-0.25, -0.2) is 0 Å². The monoisotopic (exact) mass is 397 g/mol. The largest absolute Gasteiger partial charge is 0.542 e. The molecule has 1 saturated heterocycles. The van der Waals surface area contributed by atoms with Gasteiger partial charge >= 0.3 is 12.1 Å². The van der Waals surface area contributed by atoms with Crippen molar-refractivity contribution in [3.63, 3.8) is 0 Å². The van der Waals surface area contributed by atoms with E-state index in [-0.39, 0.29) is 24.9 Å². The van der Waals surface area contributed by atoms with Crippen molar-refractivity contribution < 1.29 is 46.7 Å². The van der Waals surface area contributed by atoms with E-state index in [1.807, 2.05) is 0 Å². The molecule has 1 fully saturated rings. The lowest BCUT2D eigenvalue weighted by Crippen LogP contribution is -2.50. The number of hydrogen-bond acceptors (Lipinski definition) is 6. The highest BCUT2D eigenvalue weighted by Crippen LogP contribution is 2.11. The van der Waals surface area contributed by atoms with Gasteiger partial charge in [-0.1, -0.05) is 4.68 Å². The molecule has 1 amide bonds. The third kappa shape index (κ3) is 7.55. The molecular formula is C13H14F3N3O6S. The molecule has 144 valence electrons. The molecule has 0 unspecified atom stereocenters. The molecule has 0 spiro atoms. The van der Waals surface area contributed by atoms with Crippen molar-refractivity contribution in [3.05, 3.63) is 24.0 Å². The number of hydrogen-bond donors (Lipinski definition) is 2. The van der Waals surface area contributed by atoms with Crippen LogP contribution in [0.15, 0.2) is 18.5 Å². The molecular weight excluding hydrogens is 383 g/mol. The second-order valence-electron chi connectivity index (χ2n) is 5.05. The lowest BCUT2D eigenvalue weighted by atomic mass is 10.2. The molecule has 9 nitrogen and oxygen atoms in total. The summed E-state index contributed by atoms with van der Waals surface area (Å²) in [5.41, 5.74) is 0.407. The van der Waals surface area contributed by atoms with E-state index in [0.29, 0.717) is 17.1 Å². The predicted octanol–water partition coefficient (Wildman–Crippen LogP) is -2.00. The molecule has 1 aliphatic rings.